The highest BCUT2D eigenvalue weighted by atomic mass is 16.2. The molecule has 0 bridgehead atoms. The Morgan fingerprint density at radius 1 is 1.20 bits per heavy atom. The van der Waals surface area contributed by atoms with E-state index in [9.17, 15) is 9.59 Å². The Morgan fingerprint density at radius 2 is 1.85 bits per heavy atom. The molecule has 0 fully saturated rings. The molecule has 0 heterocycles. The van der Waals surface area contributed by atoms with Crippen LogP contribution in [0.15, 0.2) is 0 Å². The standard InChI is InChI=1S/C14H24N2O2.C2H6/c1-4-6-7-10-15-14(18)9-8-12-16(11-5-2)13(3)17;1-2/h2H,4,6-12H2,1,3H3,(H,15,18);1-2H3. The minimum atomic E-state index is -0.0451. The molecule has 0 aliphatic rings. The Morgan fingerprint density at radius 3 is 2.35 bits per heavy atom. The van der Waals surface area contributed by atoms with Gasteiger partial charge in [-0.15, -0.1) is 6.42 Å². The van der Waals surface area contributed by atoms with Gasteiger partial charge in [-0.1, -0.05) is 39.5 Å². The number of carbonyl (C=O) groups excluding carboxylic acids is 2. The van der Waals surface area contributed by atoms with Crippen LogP contribution >= 0.6 is 0 Å². The molecule has 2 amide bonds. The van der Waals surface area contributed by atoms with Crippen molar-refractivity contribution in [3.05, 3.63) is 0 Å². The number of amides is 2. The van der Waals surface area contributed by atoms with Gasteiger partial charge in [0, 0.05) is 26.4 Å². The van der Waals surface area contributed by atoms with E-state index >= 15 is 0 Å². The molecule has 0 aromatic heterocycles. The van der Waals surface area contributed by atoms with Crippen LogP contribution < -0.4 is 5.32 Å². The van der Waals surface area contributed by atoms with E-state index in [0.717, 1.165) is 25.8 Å². The lowest BCUT2D eigenvalue weighted by molar-refractivity contribution is -0.129. The van der Waals surface area contributed by atoms with Gasteiger partial charge in [0.05, 0.1) is 6.54 Å². The topological polar surface area (TPSA) is 49.4 Å². The summed E-state index contributed by atoms with van der Waals surface area (Å²) < 4.78 is 0. The fourth-order valence-electron chi connectivity index (χ4n) is 1.58. The molecule has 0 aromatic rings. The lowest BCUT2D eigenvalue weighted by atomic mass is 10.2. The summed E-state index contributed by atoms with van der Waals surface area (Å²) in [7, 11) is 0. The number of unbranched alkanes of at least 4 members (excludes halogenated alkanes) is 2. The molecular weight excluding hydrogens is 252 g/mol. The van der Waals surface area contributed by atoms with Crippen LogP contribution in [-0.2, 0) is 9.59 Å². The second kappa shape index (κ2) is 15.6. The van der Waals surface area contributed by atoms with Gasteiger partial charge in [-0.2, -0.15) is 0 Å². The molecule has 0 saturated heterocycles. The zero-order valence-electron chi connectivity index (χ0n) is 13.5. The van der Waals surface area contributed by atoms with Gasteiger partial charge in [0.25, 0.3) is 0 Å². The fraction of sp³-hybridized carbons (Fsp3) is 0.750. The number of nitrogens with zero attached hydrogens (tertiary/aromatic N) is 1. The van der Waals surface area contributed by atoms with Crippen LogP contribution in [-0.4, -0.2) is 36.3 Å². The highest BCUT2D eigenvalue weighted by Crippen LogP contribution is 1.97. The molecule has 0 saturated carbocycles. The minimum absolute atomic E-state index is 0.0451. The molecule has 4 nitrogen and oxygen atoms in total. The van der Waals surface area contributed by atoms with Gasteiger partial charge in [-0.05, 0) is 12.8 Å². The van der Waals surface area contributed by atoms with Crippen LogP contribution in [0.4, 0.5) is 0 Å². The smallest absolute Gasteiger partial charge is 0.220 e. The third kappa shape index (κ3) is 12.9. The van der Waals surface area contributed by atoms with Gasteiger partial charge in [-0.3, -0.25) is 9.59 Å². The Bertz CT molecular complexity index is 295. The molecule has 20 heavy (non-hydrogen) atoms. The monoisotopic (exact) mass is 282 g/mol. The molecule has 116 valence electrons. The Labute approximate surface area is 124 Å². The highest BCUT2D eigenvalue weighted by Gasteiger charge is 2.07. The highest BCUT2D eigenvalue weighted by molar-refractivity contribution is 5.76. The van der Waals surface area contributed by atoms with Crippen molar-refractivity contribution in [3.8, 4) is 12.3 Å². The van der Waals surface area contributed by atoms with Gasteiger partial charge in [0.15, 0.2) is 0 Å². The van der Waals surface area contributed by atoms with Crippen LogP contribution in [0, 0.1) is 12.3 Å². The molecule has 0 aliphatic carbocycles. The summed E-state index contributed by atoms with van der Waals surface area (Å²) in [4.78, 5) is 24.2. The third-order valence-electron chi connectivity index (χ3n) is 2.66. The van der Waals surface area contributed by atoms with E-state index in [4.69, 9.17) is 6.42 Å². The number of hydrogen-bond acceptors (Lipinski definition) is 2. The second-order valence-corrected chi connectivity index (χ2v) is 4.31. The SMILES string of the molecule is C#CCN(CCCC(=O)NCCCCC)C(C)=O.CC. The van der Waals surface area contributed by atoms with Crippen molar-refractivity contribution in [2.45, 2.75) is 59.8 Å². The first-order valence-electron chi connectivity index (χ1n) is 7.57. The molecule has 0 spiro atoms. The summed E-state index contributed by atoms with van der Waals surface area (Å²) in [6, 6.07) is 0. The van der Waals surface area contributed by atoms with Crippen molar-refractivity contribution in [1.29, 1.82) is 0 Å². The molecule has 0 aromatic carbocycles. The van der Waals surface area contributed by atoms with E-state index in [1.807, 2.05) is 13.8 Å². The molecule has 4 heteroatoms. The van der Waals surface area contributed by atoms with E-state index in [2.05, 4.69) is 18.2 Å². The fourth-order valence-corrected chi connectivity index (χ4v) is 1.58. The number of hydrogen-bond donors (Lipinski definition) is 1. The predicted octanol–water partition coefficient (Wildman–Crippen LogP) is 2.58. The van der Waals surface area contributed by atoms with E-state index < -0.39 is 0 Å². The van der Waals surface area contributed by atoms with Gasteiger partial charge in [-0.25, -0.2) is 0 Å². The minimum Gasteiger partial charge on any atom is -0.356 e. The average molecular weight is 282 g/mol. The van der Waals surface area contributed by atoms with Crippen molar-refractivity contribution in [1.82, 2.24) is 10.2 Å². The maximum Gasteiger partial charge on any atom is 0.220 e. The van der Waals surface area contributed by atoms with E-state index in [1.165, 1.54) is 6.92 Å². The Balaban J connectivity index is 0. The molecule has 0 radical (unpaired) electrons. The normalized spacial score (nSPS) is 8.95. The summed E-state index contributed by atoms with van der Waals surface area (Å²) in [6.07, 6.45) is 9.58. The number of terminal acetylenes is 1. The van der Waals surface area contributed by atoms with Crippen LogP contribution in [0.1, 0.15) is 59.8 Å². The molecule has 0 atom stereocenters. The summed E-state index contributed by atoms with van der Waals surface area (Å²) in [5.74, 6) is 2.45. The second-order valence-electron chi connectivity index (χ2n) is 4.31. The average Bonchev–Trinajstić information content (AvgIpc) is 2.44. The molecule has 0 unspecified atom stereocenters. The molecule has 0 rings (SSSR count). The maximum atomic E-state index is 11.5. The third-order valence-corrected chi connectivity index (χ3v) is 2.66. The first-order valence-corrected chi connectivity index (χ1v) is 7.57. The van der Waals surface area contributed by atoms with E-state index in [-0.39, 0.29) is 11.8 Å². The summed E-state index contributed by atoms with van der Waals surface area (Å²) in [5, 5.41) is 2.87. The Kier molecular flexibility index (Phi) is 16.2. The lowest BCUT2D eigenvalue weighted by Gasteiger charge is -2.17. The quantitative estimate of drug-likeness (QED) is 0.522. The zero-order valence-corrected chi connectivity index (χ0v) is 13.5. The van der Waals surface area contributed by atoms with Crippen molar-refractivity contribution < 1.29 is 9.59 Å². The van der Waals surface area contributed by atoms with Crippen LogP contribution in [0.2, 0.25) is 0 Å². The summed E-state index contributed by atoms with van der Waals surface area (Å²) >= 11 is 0. The number of carbonyl (C=O) groups is 2. The largest absolute Gasteiger partial charge is 0.356 e. The number of nitrogens with one attached hydrogen (secondary N) is 1. The summed E-state index contributed by atoms with van der Waals surface area (Å²) in [6.45, 7) is 9.22. The molecular formula is C16H30N2O2. The van der Waals surface area contributed by atoms with Crippen LogP contribution in [0.25, 0.3) is 0 Å². The van der Waals surface area contributed by atoms with Gasteiger partial charge >= 0.3 is 0 Å². The predicted molar refractivity (Wildman–Crippen MR) is 84.2 cm³/mol. The first-order chi connectivity index (χ1) is 9.61. The molecule has 0 aliphatic heterocycles. The van der Waals surface area contributed by atoms with Crippen molar-refractivity contribution in [2.75, 3.05) is 19.6 Å². The molecule has 1 N–H and O–H groups in total. The van der Waals surface area contributed by atoms with Crippen molar-refractivity contribution in [3.63, 3.8) is 0 Å². The van der Waals surface area contributed by atoms with Crippen LogP contribution in [0.3, 0.4) is 0 Å². The Hall–Kier alpha value is -1.50. The zero-order chi connectivity index (χ0) is 15.8. The van der Waals surface area contributed by atoms with E-state index in [0.29, 0.717) is 25.9 Å². The van der Waals surface area contributed by atoms with Crippen LogP contribution in [0.5, 0.6) is 0 Å². The van der Waals surface area contributed by atoms with Crippen molar-refractivity contribution >= 4 is 11.8 Å². The van der Waals surface area contributed by atoms with Gasteiger partial charge in [0.1, 0.15) is 0 Å². The lowest BCUT2D eigenvalue weighted by Crippen LogP contribution is -2.31. The van der Waals surface area contributed by atoms with Crippen molar-refractivity contribution in [2.24, 2.45) is 0 Å². The first kappa shape index (κ1) is 20.8. The number of rotatable bonds is 9. The van der Waals surface area contributed by atoms with Gasteiger partial charge in [0.2, 0.25) is 11.8 Å². The maximum absolute atomic E-state index is 11.5. The van der Waals surface area contributed by atoms with Gasteiger partial charge < -0.3 is 10.2 Å². The van der Waals surface area contributed by atoms with E-state index in [1.54, 1.807) is 4.90 Å². The summed E-state index contributed by atoms with van der Waals surface area (Å²) in [5.41, 5.74) is 0.